The molecule has 108 valence electrons. The summed E-state index contributed by atoms with van der Waals surface area (Å²) in [6.45, 7) is 0. The van der Waals surface area contributed by atoms with Crippen molar-refractivity contribution in [3.05, 3.63) is 60.9 Å². The summed E-state index contributed by atoms with van der Waals surface area (Å²) < 4.78 is 0. The van der Waals surface area contributed by atoms with E-state index in [2.05, 4.69) is 9.97 Å². The van der Waals surface area contributed by atoms with Crippen molar-refractivity contribution in [3.8, 4) is 0 Å². The van der Waals surface area contributed by atoms with Gasteiger partial charge in [-0.05, 0) is 24.3 Å². The van der Waals surface area contributed by atoms with E-state index in [4.69, 9.17) is 0 Å². The van der Waals surface area contributed by atoms with Crippen LogP contribution in [0.2, 0.25) is 0 Å². The van der Waals surface area contributed by atoms with Crippen molar-refractivity contribution >= 4 is 40.1 Å². The van der Waals surface area contributed by atoms with Crippen LogP contribution in [0.25, 0.3) is 0 Å². The lowest BCUT2D eigenvalue weighted by Crippen LogP contribution is -2.24. The quantitative estimate of drug-likeness (QED) is 0.645. The van der Waals surface area contributed by atoms with Crippen LogP contribution >= 0.6 is 23.5 Å². The predicted molar refractivity (Wildman–Crippen MR) is 89.0 cm³/mol. The smallest absolute Gasteiger partial charge is 0.298 e. The predicted octanol–water partition coefficient (Wildman–Crippen LogP) is 4.92. The van der Waals surface area contributed by atoms with E-state index in [1.807, 2.05) is 48.5 Å². The number of hydrogen-bond donors (Lipinski definition) is 1. The zero-order valence-electron chi connectivity index (χ0n) is 11.4. The average Bonchev–Trinajstić information content (AvgIpc) is 3.05. The van der Waals surface area contributed by atoms with E-state index in [0.717, 1.165) is 32.9 Å². The van der Waals surface area contributed by atoms with Gasteiger partial charge in [-0.1, -0.05) is 36.0 Å². The van der Waals surface area contributed by atoms with Gasteiger partial charge in [0.1, 0.15) is 0 Å². The van der Waals surface area contributed by atoms with Gasteiger partial charge in [-0.2, -0.15) is 0 Å². The maximum Gasteiger partial charge on any atom is 0.298 e. The number of anilines is 2. The Labute approximate surface area is 136 Å². The molecule has 3 aromatic rings. The fraction of sp³-hybridized carbons (Fsp3) is 0. The summed E-state index contributed by atoms with van der Waals surface area (Å²) >= 11 is 2.78. The number of aromatic amines is 1. The van der Waals surface area contributed by atoms with Crippen LogP contribution in [0, 0.1) is 0 Å². The summed E-state index contributed by atoms with van der Waals surface area (Å²) in [5.41, 5.74) is 1.82. The van der Waals surface area contributed by atoms with E-state index in [1.54, 1.807) is 29.1 Å². The molecule has 1 N–H and O–H groups in total. The van der Waals surface area contributed by atoms with Crippen LogP contribution in [0.15, 0.2) is 75.9 Å². The normalized spacial score (nSPS) is 12.6. The van der Waals surface area contributed by atoms with Crippen LogP contribution in [-0.4, -0.2) is 15.2 Å². The molecule has 0 bridgehead atoms. The molecule has 4 rings (SSSR count). The van der Waals surface area contributed by atoms with E-state index < -0.39 is 0 Å². The van der Waals surface area contributed by atoms with Crippen LogP contribution in [0.3, 0.4) is 0 Å². The van der Waals surface area contributed by atoms with Crippen LogP contribution < -0.4 is 4.90 Å². The third kappa shape index (κ3) is 2.30. The third-order valence-corrected chi connectivity index (χ3v) is 5.18. The first-order valence-corrected chi connectivity index (χ1v) is 8.33. The molecule has 1 aliphatic heterocycles. The second-order valence-corrected chi connectivity index (χ2v) is 6.66. The Morgan fingerprint density at radius 2 is 1.68 bits per heavy atom. The van der Waals surface area contributed by atoms with Gasteiger partial charge in [0, 0.05) is 33.9 Å². The molecule has 0 radical (unpaired) electrons. The lowest BCUT2D eigenvalue weighted by atomic mass is 10.2. The van der Waals surface area contributed by atoms with E-state index in [1.165, 1.54) is 0 Å². The molecule has 1 aliphatic rings. The van der Waals surface area contributed by atoms with Crippen LogP contribution in [0.4, 0.5) is 16.2 Å². The molecule has 0 saturated heterocycles. The molecule has 0 unspecified atom stereocenters. The maximum atomic E-state index is 12.8. The number of nitrogens with zero attached hydrogens (tertiary/aromatic N) is 2. The Morgan fingerprint density at radius 3 is 2.27 bits per heavy atom. The molecular weight excluding hydrogens is 314 g/mol. The first kappa shape index (κ1) is 13.5. The molecule has 0 atom stereocenters. The number of hydrogen-bond acceptors (Lipinski definition) is 4. The monoisotopic (exact) mass is 325 g/mol. The van der Waals surface area contributed by atoms with E-state index in [9.17, 15) is 4.79 Å². The number of fused-ring (bicyclic) bond motifs is 2. The molecule has 1 aromatic heterocycles. The average molecular weight is 325 g/mol. The lowest BCUT2D eigenvalue weighted by molar-refractivity contribution is 0.266. The molecule has 4 nitrogen and oxygen atoms in total. The van der Waals surface area contributed by atoms with Crippen molar-refractivity contribution in [1.29, 1.82) is 0 Å². The SMILES string of the molecule is O=C(Sc1ncc[nH]1)N1c2ccccc2Sc2ccccc21. The second-order valence-electron chi connectivity index (χ2n) is 4.64. The Bertz CT molecular complexity index is 787. The van der Waals surface area contributed by atoms with E-state index in [0.29, 0.717) is 5.16 Å². The van der Waals surface area contributed by atoms with Crippen molar-refractivity contribution in [3.63, 3.8) is 0 Å². The molecule has 6 heteroatoms. The fourth-order valence-electron chi connectivity index (χ4n) is 2.34. The minimum Gasteiger partial charge on any atom is -0.339 e. The number of carbonyl (C=O) groups excluding carboxylic acids is 1. The number of thioether (sulfide) groups is 1. The van der Waals surface area contributed by atoms with Gasteiger partial charge < -0.3 is 4.98 Å². The Balaban J connectivity index is 1.79. The summed E-state index contributed by atoms with van der Waals surface area (Å²) in [5.74, 6) is 0. The standard InChI is InChI=1S/C16H11N3OS2/c20-16(22-15-17-9-10-18-15)19-11-5-1-3-7-13(11)21-14-8-4-2-6-12(14)19/h1-10H,(H,17,18). The van der Waals surface area contributed by atoms with Gasteiger partial charge in [0.2, 0.25) is 0 Å². The van der Waals surface area contributed by atoms with Gasteiger partial charge in [-0.3, -0.25) is 9.69 Å². The number of amides is 1. The van der Waals surface area contributed by atoms with E-state index >= 15 is 0 Å². The minimum atomic E-state index is -0.0739. The summed E-state index contributed by atoms with van der Waals surface area (Å²) in [6.07, 6.45) is 3.35. The number of H-pyrrole nitrogens is 1. The molecule has 0 fully saturated rings. The fourth-order valence-corrected chi connectivity index (χ4v) is 4.09. The molecular formula is C16H11N3OS2. The lowest BCUT2D eigenvalue weighted by Gasteiger charge is -2.30. The highest BCUT2D eigenvalue weighted by Gasteiger charge is 2.28. The Morgan fingerprint density at radius 1 is 1.05 bits per heavy atom. The van der Waals surface area contributed by atoms with Crippen LogP contribution in [0.1, 0.15) is 0 Å². The summed E-state index contributed by atoms with van der Waals surface area (Å²) in [6, 6.07) is 15.9. The molecule has 2 heterocycles. The summed E-state index contributed by atoms with van der Waals surface area (Å²) in [4.78, 5) is 23.8. The Kier molecular flexibility index (Phi) is 3.40. The molecule has 0 spiro atoms. The zero-order chi connectivity index (χ0) is 14.9. The van der Waals surface area contributed by atoms with Crippen molar-refractivity contribution in [2.24, 2.45) is 0 Å². The maximum absolute atomic E-state index is 12.8. The van der Waals surface area contributed by atoms with Crippen LogP contribution in [-0.2, 0) is 0 Å². The first-order valence-electron chi connectivity index (χ1n) is 6.70. The summed E-state index contributed by atoms with van der Waals surface area (Å²) in [5, 5.41) is 0.522. The van der Waals surface area contributed by atoms with Gasteiger partial charge in [0.15, 0.2) is 5.16 Å². The number of carbonyl (C=O) groups is 1. The topological polar surface area (TPSA) is 49.0 Å². The van der Waals surface area contributed by atoms with Crippen molar-refractivity contribution in [2.75, 3.05) is 4.90 Å². The summed E-state index contributed by atoms with van der Waals surface area (Å²) in [7, 11) is 0. The number of benzene rings is 2. The molecule has 0 aliphatic carbocycles. The van der Waals surface area contributed by atoms with Crippen molar-refractivity contribution < 1.29 is 4.79 Å². The molecule has 22 heavy (non-hydrogen) atoms. The molecule has 2 aromatic carbocycles. The van der Waals surface area contributed by atoms with Crippen molar-refractivity contribution in [1.82, 2.24) is 9.97 Å². The second kappa shape index (κ2) is 5.55. The van der Waals surface area contributed by atoms with Gasteiger partial charge >= 0.3 is 0 Å². The Hall–Kier alpha value is -2.18. The highest BCUT2D eigenvalue weighted by atomic mass is 32.2. The minimum absolute atomic E-state index is 0.0739. The molecule has 1 amide bonds. The highest BCUT2D eigenvalue weighted by molar-refractivity contribution is 8.13. The number of aromatic nitrogens is 2. The zero-order valence-corrected chi connectivity index (χ0v) is 13.0. The van der Waals surface area contributed by atoms with Gasteiger partial charge in [0.25, 0.3) is 5.24 Å². The molecule has 0 saturated carbocycles. The first-order chi connectivity index (χ1) is 10.8. The third-order valence-electron chi connectivity index (χ3n) is 3.27. The van der Waals surface area contributed by atoms with Gasteiger partial charge in [-0.25, -0.2) is 4.98 Å². The van der Waals surface area contributed by atoms with Gasteiger partial charge in [-0.15, -0.1) is 0 Å². The van der Waals surface area contributed by atoms with E-state index in [-0.39, 0.29) is 5.24 Å². The number of rotatable bonds is 1. The van der Waals surface area contributed by atoms with Crippen molar-refractivity contribution in [2.45, 2.75) is 14.9 Å². The number of para-hydroxylation sites is 2. The largest absolute Gasteiger partial charge is 0.339 e. The van der Waals surface area contributed by atoms with Crippen LogP contribution in [0.5, 0.6) is 0 Å². The number of imidazole rings is 1. The highest BCUT2D eigenvalue weighted by Crippen LogP contribution is 2.49. The van der Waals surface area contributed by atoms with Gasteiger partial charge in [0.05, 0.1) is 11.4 Å². The number of nitrogens with one attached hydrogen (secondary N) is 1.